The maximum Gasteiger partial charge on any atom is 0.433 e. The summed E-state index contributed by atoms with van der Waals surface area (Å²) in [6, 6.07) is 0.754. The van der Waals surface area contributed by atoms with Gasteiger partial charge in [0.1, 0.15) is 5.69 Å². The maximum absolute atomic E-state index is 12.6. The molecule has 0 saturated heterocycles. The minimum Gasteiger partial charge on any atom is -0.309 e. The number of anilines is 1. The number of hydrogen-bond acceptors (Lipinski definition) is 5. The van der Waals surface area contributed by atoms with Crippen LogP contribution in [-0.2, 0) is 11.0 Å². The van der Waals surface area contributed by atoms with Crippen molar-refractivity contribution in [2.75, 3.05) is 11.1 Å². The highest BCUT2D eigenvalue weighted by Crippen LogP contribution is 2.30. The second-order valence-electron chi connectivity index (χ2n) is 4.45. The van der Waals surface area contributed by atoms with Crippen molar-refractivity contribution in [3.05, 3.63) is 39.8 Å². The molecule has 0 radical (unpaired) electrons. The monoisotopic (exact) mass is 396 g/mol. The van der Waals surface area contributed by atoms with Gasteiger partial charge < -0.3 is 5.32 Å². The van der Waals surface area contributed by atoms with Crippen LogP contribution in [0.1, 0.15) is 11.3 Å². The number of amides is 1. The molecule has 0 atom stereocenters. The Balaban J connectivity index is 2.01. The van der Waals surface area contributed by atoms with Gasteiger partial charge in [-0.25, -0.2) is 15.0 Å². The SMILES string of the molecule is Cc1c(Cl)cnc(NC(=O)CSc2nccc(C(F)(F)F)n2)c1Cl. The number of thioether (sulfide) groups is 1. The second-order valence-corrected chi connectivity index (χ2v) is 6.18. The molecule has 24 heavy (non-hydrogen) atoms. The topological polar surface area (TPSA) is 67.8 Å². The zero-order chi connectivity index (χ0) is 17.9. The van der Waals surface area contributed by atoms with Crippen LogP contribution in [-0.4, -0.2) is 26.6 Å². The lowest BCUT2D eigenvalue weighted by Crippen LogP contribution is -2.16. The number of carbonyl (C=O) groups is 1. The summed E-state index contributed by atoms with van der Waals surface area (Å²) < 4.78 is 37.7. The first-order valence-electron chi connectivity index (χ1n) is 6.32. The molecule has 0 unspecified atom stereocenters. The number of rotatable bonds is 4. The summed E-state index contributed by atoms with van der Waals surface area (Å²) in [5, 5.41) is 2.84. The molecule has 0 bridgehead atoms. The zero-order valence-corrected chi connectivity index (χ0v) is 14.3. The molecule has 0 aliphatic heterocycles. The first-order chi connectivity index (χ1) is 11.2. The van der Waals surface area contributed by atoms with Gasteiger partial charge in [-0.15, -0.1) is 0 Å². The van der Waals surface area contributed by atoms with E-state index in [1.807, 2.05) is 0 Å². The molecule has 1 N–H and O–H groups in total. The number of halogens is 5. The predicted molar refractivity (Wildman–Crippen MR) is 85.4 cm³/mol. The van der Waals surface area contributed by atoms with Crippen LogP contribution < -0.4 is 5.32 Å². The summed E-state index contributed by atoms with van der Waals surface area (Å²) in [6.45, 7) is 1.66. The number of aromatic nitrogens is 3. The van der Waals surface area contributed by atoms with Crippen LogP contribution in [0, 0.1) is 6.92 Å². The Morgan fingerprint density at radius 1 is 1.33 bits per heavy atom. The third-order valence-corrected chi connectivity index (χ3v) is 4.42. The van der Waals surface area contributed by atoms with Gasteiger partial charge in [-0.05, 0) is 18.6 Å². The van der Waals surface area contributed by atoms with Crippen molar-refractivity contribution in [1.29, 1.82) is 0 Å². The zero-order valence-electron chi connectivity index (χ0n) is 12.0. The standard InChI is InChI=1S/C13H9Cl2F3N4OS/c1-6-7(14)4-20-11(10(6)15)22-9(23)5-24-12-19-3-2-8(21-12)13(16,17)18/h2-4H,5H2,1H3,(H,20,22,23). The summed E-state index contributed by atoms with van der Waals surface area (Å²) >= 11 is 12.6. The molecule has 1 amide bonds. The van der Waals surface area contributed by atoms with Crippen molar-refractivity contribution >= 4 is 46.7 Å². The number of pyridine rings is 1. The van der Waals surface area contributed by atoms with E-state index in [2.05, 4.69) is 20.3 Å². The average Bonchev–Trinajstić information content (AvgIpc) is 2.53. The van der Waals surface area contributed by atoms with Crippen LogP contribution in [0.25, 0.3) is 0 Å². The number of hydrogen-bond donors (Lipinski definition) is 1. The van der Waals surface area contributed by atoms with E-state index in [4.69, 9.17) is 23.2 Å². The van der Waals surface area contributed by atoms with E-state index in [1.54, 1.807) is 6.92 Å². The first-order valence-corrected chi connectivity index (χ1v) is 8.06. The molecular formula is C13H9Cl2F3N4OS. The normalized spacial score (nSPS) is 11.4. The van der Waals surface area contributed by atoms with Crippen molar-refractivity contribution in [1.82, 2.24) is 15.0 Å². The predicted octanol–water partition coefficient (Wildman–Crippen LogP) is 4.24. The summed E-state index contributed by atoms with van der Waals surface area (Å²) in [5.41, 5.74) is -0.518. The lowest BCUT2D eigenvalue weighted by molar-refractivity contribution is -0.141. The maximum atomic E-state index is 12.6. The van der Waals surface area contributed by atoms with Crippen LogP contribution in [0.15, 0.2) is 23.6 Å². The summed E-state index contributed by atoms with van der Waals surface area (Å²) in [5.74, 6) is -0.604. The first kappa shape index (κ1) is 18.8. The summed E-state index contributed by atoms with van der Waals surface area (Å²) in [4.78, 5) is 22.8. The van der Waals surface area contributed by atoms with Gasteiger partial charge in [0.25, 0.3) is 0 Å². The molecule has 2 aromatic rings. The Bertz CT molecular complexity index is 773. The lowest BCUT2D eigenvalue weighted by Gasteiger charge is -2.09. The molecule has 2 aromatic heterocycles. The molecule has 128 valence electrons. The van der Waals surface area contributed by atoms with Crippen LogP contribution in [0.4, 0.5) is 19.0 Å². The van der Waals surface area contributed by atoms with Gasteiger partial charge in [0.15, 0.2) is 11.0 Å². The minimum absolute atomic E-state index is 0.120. The fourth-order valence-electron chi connectivity index (χ4n) is 1.51. The molecule has 0 fully saturated rings. The van der Waals surface area contributed by atoms with Gasteiger partial charge in [0.2, 0.25) is 5.91 Å². The van der Waals surface area contributed by atoms with Gasteiger partial charge in [-0.2, -0.15) is 13.2 Å². The summed E-state index contributed by atoms with van der Waals surface area (Å²) in [6.07, 6.45) is -2.25. The lowest BCUT2D eigenvalue weighted by atomic mass is 10.3. The van der Waals surface area contributed by atoms with E-state index >= 15 is 0 Å². The Morgan fingerprint density at radius 2 is 2.04 bits per heavy atom. The van der Waals surface area contributed by atoms with Gasteiger partial charge >= 0.3 is 6.18 Å². The number of nitrogens with zero attached hydrogens (tertiary/aromatic N) is 3. The van der Waals surface area contributed by atoms with E-state index in [-0.39, 0.29) is 21.7 Å². The van der Waals surface area contributed by atoms with E-state index in [0.717, 1.165) is 24.0 Å². The van der Waals surface area contributed by atoms with E-state index in [1.165, 1.54) is 6.20 Å². The quantitative estimate of drug-likeness (QED) is 0.618. The van der Waals surface area contributed by atoms with Crippen molar-refractivity contribution in [3.8, 4) is 0 Å². The van der Waals surface area contributed by atoms with Gasteiger partial charge in [0.05, 0.1) is 15.8 Å². The highest BCUT2D eigenvalue weighted by Gasteiger charge is 2.32. The van der Waals surface area contributed by atoms with Crippen LogP contribution in [0.5, 0.6) is 0 Å². The molecule has 0 spiro atoms. The average molecular weight is 397 g/mol. The van der Waals surface area contributed by atoms with E-state index in [9.17, 15) is 18.0 Å². The van der Waals surface area contributed by atoms with Crippen molar-refractivity contribution < 1.29 is 18.0 Å². The number of alkyl halides is 3. The molecule has 2 heterocycles. The molecule has 0 aromatic carbocycles. The third kappa shape index (κ3) is 4.71. The van der Waals surface area contributed by atoms with Crippen LogP contribution >= 0.6 is 35.0 Å². The number of nitrogens with one attached hydrogen (secondary N) is 1. The highest BCUT2D eigenvalue weighted by atomic mass is 35.5. The highest BCUT2D eigenvalue weighted by molar-refractivity contribution is 7.99. The van der Waals surface area contributed by atoms with Crippen molar-refractivity contribution in [2.24, 2.45) is 0 Å². The van der Waals surface area contributed by atoms with Gasteiger partial charge in [-0.1, -0.05) is 35.0 Å². The molecule has 0 aliphatic carbocycles. The van der Waals surface area contributed by atoms with Crippen LogP contribution in [0.2, 0.25) is 10.0 Å². The minimum atomic E-state index is -4.57. The fourth-order valence-corrected chi connectivity index (χ4v) is 2.53. The Morgan fingerprint density at radius 3 is 2.71 bits per heavy atom. The molecular weight excluding hydrogens is 388 g/mol. The van der Waals surface area contributed by atoms with Crippen molar-refractivity contribution in [2.45, 2.75) is 18.3 Å². The largest absolute Gasteiger partial charge is 0.433 e. The molecule has 0 aliphatic rings. The smallest absolute Gasteiger partial charge is 0.309 e. The Hall–Kier alpha value is -1.58. The summed E-state index contributed by atoms with van der Waals surface area (Å²) in [7, 11) is 0. The third-order valence-electron chi connectivity index (χ3n) is 2.72. The molecule has 0 saturated carbocycles. The number of carbonyl (C=O) groups excluding carboxylic acids is 1. The molecule has 11 heteroatoms. The molecule has 5 nitrogen and oxygen atoms in total. The van der Waals surface area contributed by atoms with E-state index < -0.39 is 17.8 Å². The Kier molecular flexibility index (Phi) is 5.89. The Labute approximate surface area is 149 Å². The van der Waals surface area contributed by atoms with Gasteiger partial charge in [-0.3, -0.25) is 4.79 Å². The van der Waals surface area contributed by atoms with Crippen LogP contribution in [0.3, 0.4) is 0 Å². The molecule has 2 rings (SSSR count). The van der Waals surface area contributed by atoms with Crippen molar-refractivity contribution in [3.63, 3.8) is 0 Å². The fraction of sp³-hybridized carbons (Fsp3) is 0.231. The van der Waals surface area contributed by atoms with Gasteiger partial charge in [0, 0.05) is 12.4 Å². The van der Waals surface area contributed by atoms with E-state index in [0.29, 0.717) is 10.6 Å². The second kappa shape index (κ2) is 7.54.